The number of ether oxygens (including phenoxy) is 1. The molecule has 0 radical (unpaired) electrons. The molecule has 3 aromatic heterocycles. The van der Waals surface area contributed by atoms with Crippen LogP contribution in [0.1, 0.15) is 42.1 Å². The lowest BCUT2D eigenvalue weighted by Crippen LogP contribution is -2.51. The van der Waals surface area contributed by atoms with E-state index in [-0.39, 0.29) is 36.3 Å². The maximum Gasteiger partial charge on any atom is 0.274 e. The second-order valence-corrected chi connectivity index (χ2v) is 9.52. The van der Waals surface area contributed by atoms with Crippen LogP contribution in [-0.2, 0) is 4.74 Å². The van der Waals surface area contributed by atoms with Crippen LogP contribution in [0.5, 0.6) is 0 Å². The van der Waals surface area contributed by atoms with Crippen LogP contribution >= 0.6 is 0 Å². The third kappa shape index (κ3) is 5.03. The highest BCUT2D eigenvalue weighted by molar-refractivity contribution is 6.00. The minimum absolute atomic E-state index is 0.0139. The van der Waals surface area contributed by atoms with E-state index >= 15 is 0 Å². The van der Waals surface area contributed by atoms with Crippen LogP contribution in [-0.4, -0.2) is 82.6 Å². The molecule has 0 aromatic carbocycles. The summed E-state index contributed by atoms with van der Waals surface area (Å²) in [7, 11) is 3.40. The number of fused-ring (bicyclic) bond motifs is 1. The fourth-order valence-corrected chi connectivity index (χ4v) is 5.10. The maximum absolute atomic E-state index is 13.3. The molecule has 12 heteroatoms. The number of hydrogen-bond donors (Lipinski definition) is 3. The minimum Gasteiger partial charge on any atom is -0.379 e. The van der Waals surface area contributed by atoms with Gasteiger partial charge in [0.15, 0.2) is 5.65 Å². The van der Waals surface area contributed by atoms with E-state index in [0.29, 0.717) is 35.1 Å². The van der Waals surface area contributed by atoms with Gasteiger partial charge in [0.2, 0.25) is 0 Å². The highest BCUT2D eigenvalue weighted by Gasteiger charge is 2.33. The van der Waals surface area contributed by atoms with Crippen molar-refractivity contribution in [2.45, 2.75) is 43.9 Å². The third-order valence-electron chi connectivity index (χ3n) is 7.39. The number of pyridine rings is 1. The van der Waals surface area contributed by atoms with Gasteiger partial charge in [-0.1, -0.05) is 0 Å². The molecule has 1 unspecified atom stereocenters. The first-order valence-corrected chi connectivity index (χ1v) is 12.7. The Kier molecular flexibility index (Phi) is 7.38. The first-order chi connectivity index (χ1) is 18.0. The number of hydrogen-bond acceptors (Lipinski definition) is 8. The molecule has 4 heterocycles. The zero-order valence-corrected chi connectivity index (χ0v) is 21.1. The van der Waals surface area contributed by atoms with E-state index in [2.05, 4.69) is 30.9 Å². The number of alkyl halides is 1. The molecular weight excluding hydrogens is 479 g/mol. The van der Waals surface area contributed by atoms with Crippen LogP contribution in [0.4, 0.5) is 21.7 Å². The number of carbonyl (C=O) groups is 1. The quantitative estimate of drug-likeness (QED) is 0.400. The number of halogens is 1. The molecule has 1 aliphatic heterocycles. The molecule has 0 bridgehead atoms. The van der Waals surface area contributed by atoms with Gasteiger partial charge in [-0.05, 0) is 37.8 Å². The highest BCUT2D eigenvalue weighted by Crippen LogP contribution is 2.25. The van der Waals surface area contributed by atoms with Crippen LogP contribution < -0.4 is 21.5 Å². The van der Waals surface area contributed by atoms with E-state index in [0.717, 1.165) is 38.8 Å². The van der Waals surface area contributed by atoms with E-state index in [9.17, 15) is 14.0 Å². The topological polar surface area (TPSA) is 118 Å². The SMILES string of the molecule is CNc1cc(Nc2cccn(C3CCN(CCF)CC3)c2=O)nc2c(C(=O)NC3CC[C@H]3OC)cnn12. The Balaban J connectivity index is 1.39. The number of aromatic nitrogens is 4. The van der Waals surface area contributed by atoms with E-state index < -0.39 is 0 Å². The van der Waals surface area contributed by atoms with Crippen LogP contribution in [0.2, 0.25) is 0 Å². The van der Waals surface area contributed by atoms with Crippen molar-refractivity contribution in [3.63, 3.8) is 0 Å². The monoisotopic (exact) mass is 512 g/mol. The summed E-state index contributed by atoms with van der Waals surface area (Å²) in [5, 5.41) is 13.6. The molecule has 5 rings (SSSR count). The fourth-order valence-electron chi connectivity index (χ4n) is 5.10. The van der Waals surface area contributed by atoms with E-state index in [1.165, 1.54) is 6.20 Å². The average molecular weight is 513 g/mol. The van der Waals surface area contributed by atoms with Crippen molar-refractivity contribution in [3.05, 3.63) is 46.5 Å². The van der Waals surface area contributed by atoms with Gasteiger partial charge in [-0.2, -0.15) is 9.61 Å². The predicted molar refractivity (Wildman–Crippen MR) is 138 cm³/mol. The second kappa shape index (κ2) is 10.9. The Morgan fingerprint density at radius 3 is 2.73 bits per heavy atom. The molecule has 1 saturated carbocycles. The lowest BCUT2D eigenvalue weighted by molar-refractivity contribution is 0.00732. The number of amides is 1. The van der Waals surface area contributed by atoms with Crippen molar-refractivity contribution < 1.29 is 13.9 Å². The Hall–Kier alpha value is -3.51. The number of likely N-dealkylation sites (tertiary alicyclic amines) is 1. The Labute approximate surface area is 214 Å². The summed E-state index contributed by atoms with van der Waals surface area (Å²) in [5.74, 6) is 0.758. The van der Waals surface area contributed by atoms with Gasteiger partial charge in [0, 0.05) is 52.1 Å². The standard InChI is InChI=1S/C25H33FN8O3/c1-27-22-14-21(31-23-17(15-28-34(22)23)24(35)30-18-5-6-20(18)37-2)29-19-4-3-10-33(25(19)36)16-7-11-32(12-8-16)13-9-26/h3-4,10,14-16,18,20,27H,5-9,11-13H2,1-2H3,(H,29,31)(H,30,35)/t18?,20-/m1/s1. The van der Waals surface area contributed by atoms with Crippen molar-refractivity contribution in [1.29, 1.82) is 0 Å². The number of nitrogens with one attached hydrogen (secondary N) is 3. The fraction of sp³-hybridized carbons (Fsp3) is 0.520. The van der Waals surface area contributed by atoms with Crippen molar-refractivity contribution in [2.24, 2.45) is 0 Å². The van der Waals surface area contributed by atoms with Crippen LogP contribution in [0, 0.1) is 0 Å². The van der Waals surface area contributed by atoms with Gasteiger partial charge in [0.1, 0.15) is 29.6 Å². The summed E-state index contributed by atoms with van der Waals surface area (Å²) in [6, 6.07) is 5.30. The zero-order valence-electron chi connectivity index (χ0n) is 21.1. The number of rotatable bonds is 9. The smallest absolute Gasteiger partial charge is 0.274 e. The van der Waals surface area contributed by atoms with Gasteiger partial charge in [-0.25, -0.2) is 9.37 Å². The van der Waals surface area contributed by atoms with Crippen molar-refractivity contribution >= 4 is 28.9 Å². The summed E-state index contributed by atoms with van der Waals surface area (Å²) < 4.78 is 21.4. The molecule has 37 heavy (non-hydrogen) atoms. The Morgan fingerprint density at radius 2 is 2.05 bits per heavy atom. The van der Waals surface area contributed by atoms with Crippen molar-refractivity contribution in [1.82, 2.24) is 29.4 Å². The van der Waals surface area contributed by atoms with Gasteiger partial charge in [0.25, 0.3) is 11.5 Å². The lowest BCUT2D eigenvalue weighted by atomic mass is 9.89. The minimum atomic E-state index is -0.356. The number of carbonyl (C=O) groups excluding carboxylic acids is 1. The van der Waals surface area contributed by atoms with Crippen molar-refractivity contribution in [3.8, 4) is 0 Å². The average Bonchev–Trinajstić information content (AvgIpc) is 3.32. The second-order valence-electron chi connectivity index (χ2n) is 9.52. The molecule has 3 N–H and O–H groups in total. The maximum atomic E-state index is 13.3. The summed E-state index contributed by atoms with van der Waals surface area (Å²) in [6.45, 7) is 1.61. The van der Waals surface area contributed by atoms with Crippen LogP contribution in [0.15, 0.2) is 35.4 Å². The molecule has 1 saturated heterocycles. The Morgan fingerprint density at radius 1 is 1.24 bits per heavy atom. The molecule has 3 aromatic rings. The third-order valence-corrected chi connectivity index (χ3v) is 7.39. The largest absolute Gasteiger partial charge is 0.379 e. The summed E-state index contributed by atoms with van der Waals surface area (Å²) in [4.78, 5) is 33.1. The number of methoxy groups -OCH3 is 1. The molecule has 1 aliphatic carbocycles. The van der Waals surface area contributed by atoms with Gasteiger partial charge < -0.3 is 30.2 Å². The van der Waals surface area contributed by atoms with E-state index in [1.807, 2.05) is 6.07 Å². The molecule has 2 fully saturated rings. The number of nitrogens with zero attached hydrogens (tertiary/aromatic N) is 5. The van der Waals surface area contributed by atoms with Crippen LogP contribution in [0.3, 0.4) is 0 Å². The van der Waals surface area contributed by atoms with Gasteiger partial charge >= 0.3 is 0 Å². The lowest BCUT2D eigenvalue weighted by Gasteiger charge is -2.35. The first kappa shape index (κ1) is 25.2. The number of piperidine rings is 1. The number of anilines is 3. The normalized spacial score (nSPS) is 20.5. The molecule has 2 atom stereocenters. The molecule has 198 valence electrons. The predicted octanol–water partition coefficient (Wildman–Crippen LogP) is 2.19. The van der Waals surface area contributed by atoms with Gasteiger partial charge in [-0.3, -0.25) is 9.59 Å². The van der Waals surface area contributed by atoms with Crippen LogP contribution in [0.25, 0.3) is 5.65 Å². The van der Waals surface area contributed by atoms with Gasteiger partial charge in [0.05, 0.1) is 18.3 Å². The summed E-state index contributed by atoms with van der Waals surface area (Å²) in [6.07, 6.45) is 6.66. The first-order valence-electron chi connectivity index (χ1n) is 12.7. The highest BCUT2D eigenvalue weighted by atomic mass is 19.1. The van der Waals surface area contributed by atoms with Gasteiger partial charge in [-0.15, -0.1) is 0 Å². The summed E-state index contributed by atoms with van der Waals surface area (Å²) >= 11 is 0. The molecule has 11 nitrogen and oxygen atoms in total. The Bertz CT molecular complexity index is 1310. The van der Waals surface area contributed by atoms with E-state index in [4.69, 9.17) is 4.74 Å². The molecule has 1 amide bonds. The summed E-state index contributed by atoms with van der Waals surface area (Å²) in [5.41, 5.74) is 0.945. The van der Waals surface area contributed by atoms with Crippen molar-refractivity contribution in [2.75, 3.05) is 51.1 Å². The molecule has 2 aliphatic rings. The molecule has 0 spiro atoms. The van der Waals surface area contributed by atoms with E-state index in [1.54, 1.807) is 41.6 Å². The zero-order chi connectivity index (χ0) is 25.9. The molecular formula is C25H33FN8O3.